The molecule has 0 amide bonds. The van der Waals surface area contributed by atoms with Gasteiger partial charge < -0.3 is 10.2 Å². The van der Waals surface area contributed by atoms with Crippen LogP contribution in [0, 0.1) is 5.41 Å². The van der Waals surface area contributed by atoms with E-state index in [1.54, 1.807) is 0 Å². The van der Waals surface area contributed by atoms with E-state index in [0.29, 0.717) is 5.41 Å². The average Bonchev–Trinajstić information content (AvgIpc) is 3.23. The van der Waals surface area contributed by atoms with Gasteiger partial charge in [0.1, 0.15) is 0 Å². The second-order valence-corrected chi connectivity index (χ2v) is 6.48. The van der Waals surface area contributed by atoms with Crippen LogP contribution in [-0.4, -0.2) is 38.1 Å². The SMILES string of the molecule is CN(C)CC1(CNC2C[C@@H]2c2ccccc2)CC1. The zero-order valence-corrected chi connectivity index (χ0v) is 11.5. The Kier molecular flexibility index (Phi) is 3.16. The Balaban J connectivity index is 1.46. The molecule has 2 nitrogen and oxygen atoms in total. The van der Waals surface area contributed by atoms with Crippen molar-refractivity contribution >= 4 is 0 Å². The quantitative estimate of drug-likeness (QED) is 0.827. The van der Waals surface area contributed by atoms with Crippen molar-refractivity contribution in [3.05, 3.63) is 35.9 Å². The molecule has 2 atom stereocenters. The highest BCUT2D eigenvalue weighted by molar-refractivity contribution is 5.27. The molecular weight excluding hydrogens is 220 g/mol. The number of nitrogens with zero attached hydrogens (tertiary/aromatic N) is 1. The number of hydrogen-bond donors (Lipinski definition) is 1. The Morgan fingerprint density at radius 3 is 2.56 bits per heavy atom. The predicted octanol–water partition coefficient (Wildman–Crippen LogP) is 2.47. The average molecular weight is 244 g/mol. The maximum absolute atomic E-state index is 3.79. The topological polar surface area (TPSA) is 15.3 Å². The molecule has 0 radical (unpaired) electrons. The number of hydrogen-bond acceptors (Lipinski definition) is 2. The molecule has 0 saturated heterocycles. The molecule has 1 unspecified atom stereocenters. The highest BCUT2D eigenvalue weighted by Crippen LogP contribution is 2.47. The van der Waals surface area contributed by atoms with E-state index in [1.165, 1.54) is 37.9 Å². The smallest absolute Gasteiger partial charge is 0.0143 e. The van der Waals surface area contributed by atoms with Crippen molar-refractivity contribution in [2.75, 3.05) is 27.2 Å². The van der Waals surface area contributed by atoms with E-state index in [-0.39, 0.29) is 0 Å². The van der Waals surface area contributed by atoms with Crippen molar-refractivity contribution in [3.63, 3.8) is 0 Å². The van der Waals surface area contributed by atoms with Crippen LogP contribution in [-0.2, 0) is 0 Å². The fourth-order valence-electron chi connectivity index (χ4n) is 3.08. The number of rotatable bonds is 6. The van der Waals surface area contributed by atoms with Crippen molar-refractivity contribution in [1.29, 1.82) is 0 Å². The molecular formula is C16H24N2. The lowest BCUT2D eigenvalue weighted by Gasteiger charge is -2.20. The summed E-state index contributed by atoms with van der Waals surface area (Å²) in [5.41, 5.74) is 2.10. The van der Waals surface area contributed by atoms with E-state index in [2.05, 4.69) is 54.6 Å². The Hall–Kier alpha value is -0.860. The van der Waals surface area contributed by atoms with Crippen molar-refractivity contribution in [1.82, 2.24) is 10.2 Å². The van der Waals surface area contributed by atoms with E-state index in [9.17, 15) is 0 Å². The van der Waals surface area contributed by atoms with E-state index in [4.69, 9.17) is 0 Å². The first-order valence-corrected chi connectivity index (χ1v) is 7.12. The summed E-state index contributed by atoms with van der Waals surface area (Å²) in [5, 5.41) is 3.79. The third-order valence-electron chi connectivity index (χ3n) is 4.37. The second-order valence-electron chi connectivity index (χ2n) is 6.48. The lowest BCUT2D eigenvalue weighted by molar-refractivity contribution is 0.298. The van der Waals surface area contributed by atoms with Gasteiger partial charge in [-0.15, -0.1) is 0 Å². The van der Waals surface area contributed by atoms with Crippen molar-refractivity contribution < 1.29 is 0 Å². The second kappa shape index (κ2) is 4.67. The lowest BCUT2D eigenvalue weighted by atomic mass is 10.1. The number of nitrogens with one attached hydrogen (secondary N) is 1. The summed E-state index contributed by atoms with van der Waals surface area (Å²) in [7, 11) is 4.37. The van der Waals surface area contributed by atoms with Gasteiger partial charge in [-0.2, -0.15) is 0 Å². The van der Waals surface area contributed by atoms with Crippen molar-refractivity contribution in [2.24, 2.45) is 5.41 Å². The van der Waals surface area contributed by atoms with Gasteiger partial charge in [0.2, 0.25) is 0 Å². The fraction of sp³-hybridized carbons (Fsp3) is 0.625. The van der Waals surface area contributed by atoms with E-state index in [0.717, 1.165) is 12.0 Å². The van der Waals surface area contributed by atoms with Crippen LogP contribution in [0.15, 0.2) is 30.3 Å². The molecule has 3 rings (SSSR count). The Bertz CT molecular complexity index is 395. The molecule has 98 valence electrons. The van der Waals surface area contributed by atoms with Crippen LogP contribution in [0.4, 0.5) is 0 Å². The predicted molar refractivity (Wildman–Crippen MR) is 75.8 cm³/mol. The van der Waals surface area contributed by atoms with Crippen LogP contribution in [0.5, 0.6) is 0 Å². The van der Waals surface area contributed by atoms with Gasteiger partial charge in [-0.3, -0.25) is 0 Å². The summed E-state index contributed by atoms with van der Waals surface area (Å²) in [6, 6.07) is 11.7. The fourth-order valence-corrected chi connectivity index (χ4v) is 3.08. The van der Waals surface area contributed by atoms with Gasteiger partial charge in [0.25, 0.3) is 0 Å². The lowest BCUT2D eigenvalue weighted by Crippen LogP contribution is -2.33. The molecule has 2 aliphatic carbocycles. The maximum Gasteiger partial charge on any atom is 0.0143 e. The Labute approximate surface area is 110 Å². The van der Waals surface area contributed by atoms with Gasteiger partial charge in [-0.05, 0) is 44.3 Å². The summed E-state index contributed by atoms with van der Waals surface area (Å²) in [6.45, 7) is 2.45. The van der Waals surface area contributed by atoms with E-state index in [1.807, 2.05) is 0 Å². The maximum atomic E-state index is 3.79. The largest absolute Gasteiger partial charge is 0.313 e. The van der Waals surface area contributed by atoms with Gasteiger partial charge in [0.05, 0.1) is 0 Å². The third kappa shape index (κ3) is 2.76. The minimum atomic E-state index is 0.591. The molecule has 0 bridgehead atoms. The summed E-state index contributed by atoms with van der Waals surface area (Å²) in [4.78, 5) is 2.33. The molecule has 0 heterocycles. The van der Waals surface area contributed by atoms with Crippen LogP contribution in [0.1, 0.15) is 30.7 Å². The van der Waals surface area contributed by atoms with Crippen LogP contribution in [0.25, 0.3) is 0 Å². The molecule has 2 aliphatic rings. The van der Waals surface area contributed by atoms with Gasteiger partial charge in [-0.1, -0.05) is 30.3 Å². The van der Waals surface area contributed by atoms with Crippen LogP contribution < -0.4 is 5.32 Å². The highest BCUT2D eigenvalue weighted by atomic mass is 15.1. The monoisotopic (exact) mass is 244 g/mol. The first-order valence-electron chi connectivity index (χ1n) is 7.12. The van der Waals surface area contributed by atoms with E-state index < -0.39 is 0 Å². The van der Waals surface area contributed by atoms with Gasteiger partial charge in [-0.25, -0.2) is 0 Å². The molecule has 1 aromatic rings. The Morgan fingerprint density at radius 2 is 1.94 bits per heavy atom. The minimum Gasteiger partial charge on any atom is -0.313 e. The van der Waals surface area contributed by atoms with Gasteiger partial charge in [0.15, 0.2) is 0 Å². The van der Waals surface area contributed by atoms with Crippen LogP contribution in [0.3, 0.4) is 0 Å². The zero-order valence-electron chi connectivity index (χ0n) is 11.5. The normalized spacial score (nSPS) is 28.4. The molecule has 1 aromatic carbocycles. The highest BCUT2D eigenvalue weighted by Gasteiger charge is 2.45. The summed E-state index contributed by atoms with van der Waals surface area (Å²) in [6.07, 6.45) is 4.13. The summed E-state index contributed by atoms with van der Waals surface area (Å²) < 4.78 is 0. The summed E-state index contributed by atoms with van der Waals surface area (Å²) >= 11 is 0. The van der Waals surface area contributed by atoms with Crippen molar-refractivity contribution in [3.8, 4) is 0 Å². The molecule has 0 aliphatic heterocycles. The standard InChI is InChI=1S/C16H24N2/c1-18(2)12-16(8-9-16)11-17-15-10-14(15)13-6-4-3-5-7-13/h3-7,14-15,17H,8-12H2,1-2H3/t14-,15?/m1/s1. The van der Waals surface area contributed by atoms with Gasteiger partial charge >= 0.3 is 0 Å². The number of benzene rings is 1. The van der Waals surface area contributed by atoms with Crippen molar-refractivity contribution in [2.45, 2.75) is 31.2 Å². The minimum absolute atomic E-state index is 0.591. The Morgan fingerprint density at radius 1 is 1.22 bits per heavy atom. The molecule has 2 fully saturated rings. The molecule has 2 heteroatoms. The molecule has 18 heavy (non-hydrogen) atoms. The molecule has 1 N–H and O–H groups in total. The molecule has 0 aromatic heterocycles. The zero-order chi connectivity index (χ0) is 12.6. The van der Waals surface area contributed by atoms with Crippen LogP contribution >= 0.6 is 0 Å². The first-order chi connectivity index (χ1) is 8.69. The van der Waals surface area contributed by atoms with Crippen LogP contribution in [0.2, 0.25) is 0 Å². The first kappa shape index (κ1) is 12.2. The third-order valence-corrected chi connectivity index (χ3v) is 4.37. The van der Waals surface area contributed by atoms with E-state index >= 15 is 0 Å². The summed E-state index contributed by atoms with van der Waals surface area (Å²) in [5.74, 6) is 0.765. The molecule has 2 saturated carbocycles. The molecule has 0 spiro atoms. The van der Waals surface area contributed by atoms with Gasteiger partial charge in [0, 0.05) is 25.0 Å².